The third kappa shape index (κ3) is 3.82. The summed E-state index contributed by atoms with van der Waals surface area (Å²) in [6, 6.07) is 6.20. The summed E-state index contributed by atoms with van der Waals surface area (Å²) in [5.41, 5.74) is 1.85. The maximum absolute atomic E-state index is 12.4. The van der Waals surface area contributed by atoms with Gasteiger partial charge < -0.3 is 5.32 Å². The fraction of sp³-hybridized carbons (Fsp3) is 0.562. The van der Waals surface area contributed by atoms with Gasteiger partial charge in [0.05, 0.1) is 5.56 Å². The molecule has 0 bridgehead atoms. The SMILES string of the molecule is Cc1ccc(Br)c(C(=O)NC2CC(C)CC(C)C2)c1. The fourth-order valence-electron chi connectivity index (χ4n) is 3.14. The molecule has 3 heteroatoms. The van der Waals surface area contributed by atoms with Crippen molar-refractivity contribution in [3.63, 3.8) is 0 Å². The second-order valence-electron chi connectivity index (χ2n) is 6.07. The topological polar surface area (TPSA) is 29.1 Å². The Bertz CT molecular complexity index is 462. The molecule has 19 heavy (non-hydrogen) atoms. The highest BCUT2D eigenvalue weighted by molar-refractivity contribution is 9.10. The van der Waals surface area contributed by atoms with E-state index in [1.165, 1.54) is 6.42 Å². The molecule has 1 aromatic rings. The second-order valence-corrected chi connectivity index (χ2v) is 6.93. The molecule has 2 atom stereocenters. The zero-order valence-electron chi connectivity index (χ0n) is 11.9. The van der Waals surface area contributed by atoms with Gasteiger partial charge in [-0.25, -0.2) is 0 Å². The van der Waals surface area contributed by atoms with Gasteiger partial charge in [-0.05, 0) is 66.1 Å². The summed E-state index contributed by atoms with van der Waals surface area (Å²) in [6.45, 7) is 6.56. The van der Waals surface area contributed by atoms with Gasteiger partial charge in [0, 0.05) is 10.5 Å². The molecule has 1 aliphatic carbocycles. The predicted octanol–water partition coefficient (Wildman–Crippen LogP) is 4.31. The highest BCUT2D eigenvalue weighted by atomic mass is 79.9. The van der Waals surface area contributed by atoms with E-state index in [0.29, 0.717) is 17.9 Å². The van der Waals surface area contributed by atoms with E-state index in [1.807, 2.05) is 25.1 Å². The van der Waals surface area contributed by atoms with Gasteiger partial charge in [-0.3, -0.25) is 4.79 Å². The van der Waals surface area contributed by atoms with Crippen molar-refractivity contribution in [3.8, 4) is 0 Å². The van der Waals surface area contributed by atoms with Crippen molar-refractivity contribution < 1.29 is 4.79 Å². The van der Waals surface area contributed by atoms with E-state index in [9.17, 15) is 4.79 Å². The van der Waals surface area contributed by atoms with Crippen LogP contribution in [0.25, 0.3) is 0 Å². The van der Waals surface area contributed by atoms with E-state index in [2.05, 4.69) is 35.1 Å². The Balaban J connectivity index is 2.06. The molecule has 1 saturated carbocycles. The molecular weight excluding hydrogens is 302 g/mol. The summed E-state index contributed by atoms with van der Waals surface area (Å²) in [4.78, 5) is 12.4. The summed E-state index contributed by atoms with van der Waals surface area (Å²) in [5, 5.41) is 3.20. The van der Waals surface area contributed by atoms with Gasteiger partial charge in [0.25, 0.3) is 5.91 Å². The van der Waals surface area contributed by atoms with Gasteiger partial charge in [-0.2, -0.15) is 0 Å². The Morgan fingerprint density at radius 3 is 2.47 bits per heavy atom. The molecule has 2 unspecified atom stereocenters. The molecule has 1 amide bonds. The normalized spacial score (nSPS) is 27.1. The van der Waals surface area contributed by atoms with Gasteiger partial charge in [0.15, 0.2) is 0 Å². The molecular formula is C16H22BrNO. The number of amides is 1. The number of halogens is 1. The Kier molecular flexibility index (Phi) is 4.67. The average Bonchev–Trinajstić information content (AvgIpc) is 2.30. The maximum Gasteiger partial charge on any atom is 0.252 e. The number of aryl methyl sites for hydroxylation is 1. The molecule has 2 rings (SSSR count). The van der Waals surface area contributed by atoms with E-state index >= 15 is 0 Å². The molecule has 104 valence electrons. The molecule has 0 radical (unpaired) electrons. The minimum Gasteiger partial charge on any atom is -0.349 e. The lowest BCUT2D eigenvalue weighted by atomic mass is 9.80. The van der Waals surface area contributed by atoms with E-state index in [-0.39, 0.29) is 5.91 Å². The smallest absolute Gasteiger partial charge is 0.252 e. The van der Waals surface area contributed by atoms with Gasteiger partial charge in [-0.1, -0.05) is 25.5 Å². The lowest BCUT2D eigenvalue weighted by Crippen LogP contribution is -2.40. The first-order valence-corrected chi connectivity index (χ1v) is 7.82. The molecule has 0 saturated heterocycles. The largest absolute Gasteiger partial charge is 0.349 e. The zero-order valence-corrected chi connectivity index (χ0v) is 13.5. The van der Waals surface area contributed by atoms with Crippen molar-refractivity contribution in [2.24, 2.45) is 11.8 Å². The lowest BCUT2D eigenvalue weighted by molar-refractivity contribution is 0.0910. The van der Waals surface area contributed by atoms with Crippen LogP contribution in [0, 0.1) is 18.8 Å². The molecule has 1 fully saturated rings. The molecule has 1 aromatic carbocycles. The quantitative estimate of drug-likeness (QED) is 0.863. The molecule has 1 N–H and O–H groups in total. The number of carbonyl (C=O) groups excluding carboxylic acids is 1. The number of rotatable bonds is 2. The molecule has 2 nitrogen and oxygen atoms in total. The number of hydrogen-bond donors (Lipinski definition) is 1. The number of carbonyl (C=O) groups is 1. The molecule has 0 aliphatic heterocycles. The first kappa shape index (κ1) is 14.6. The third-order valence-electron chi connectivity index (χ3n) is 3.88. The molecule has 0 aromatic heterocycles. The zero-order chi connectivity index (χ0) is 14.0. The maximum atomic E-state index is 12.4. The Morgan fingerprint density at radius 1 is 1.21 bits per heavy atom. The first-order valence-electron chi connectivity index (χ1n) is 7.02. The minimum absolute atomic E-state index is 0.0434. The monoisotopic (exact) mass is 323 g/mol. The van der Waals surface area contributed by atoms with Crippen molar-refractivity contribution in [2.45, 2.75) is 46.1 Å². The van der Waals surface area contributed by atoms with Crippen LogP contribution in [0.2, 0.25) is 0 Å². The Hall–Kier alpha value is -0.830. The van der Waals surface area contributed by atoms with Crippen molar-refractivity contribution in [2.75, 3.05) is 0 Å². The average molecular weight is 324 g/mol. The van der Waals surface area contributed by atoms with E-state index in [1.54, 1.807) is 0 Å². The van der Waals surface area contributed by atoms with E-state index in [4.69, 9.17) is 0 Å². The molecule has 0 heterocycles. The van der Waals surface area contributed by atoms with Gasteiger partial charge in [0.2, 0.25) is 0 Å². The highest BCUT2D eigenvalue weighted by Crippen LogP contribution is 2.29. The van der Waals surface area contributed by atoms with Crippen LogP contribution < -0.4 is 5.32 Å². The summed E-state index contributed by atoms with van der Waals surface area (Å²) >= 11 is 3.46. The van der Waals surface area contributed by atoms with Crippen LogP contribution in [-0.4, -0.2) is 11.9 Å². The van der Waals surface area contributed by atoms with Crippen molar-refractivity contribution in [1.29, 1.82) is 0 Å². The summed E-state index contributed by atoms with van der Waals surface area (Å²) < 4.78 is 0.868. The van der Waals surface area contributed by atoms with Crippen LogP contribution in [0.3, 0.4) is 0 Å². The number of benzene rings is 1. The minimum atomic E-state index is 0.0434. The van der Waals surface area contributed by atoms with E-state index in [0.717, 1.165) is 28.4 Å². The number of nitrogens with one attached hydrogen (secondary N) is 1. The van der Waals surface area contributed by atoms with Crippen LogP contribution in [0.1, 0.15) is 49.0 Å². The summed E-state index contributed by atoms with van der Waals surface area (Å²) in [7, 11) is 0. The van der Waals surface area contributed by atoms with Crippen molar-refractivity contribution in [3.05, 3.63) is 33.8 Å². The first-order chi connectivity index (χ1) is 8.95. The second kappa shape index (κ2) is 6.08. The molecule has 0 spiro atoms. The van der Waals surface area contributed by atoms with Crippen LogP contribution >= 0.6 is 15.9 Å². The van der Waals surface area contributed by atoms with Gasteiger partial charge in [-0.15, -0.1) is 0 Å². The van der Waals surface area contributed by atoms with Gasteiger partial charge in [0.1, 0.15) is 0 Å². The predicted molar refractivity (Wildman–Crippen MR) is 82.3 cm³/mol. The van der Waals surface area contributed by atoms with Crippen molar-refractivity contribution in [1.82, 2.24) is 5.32 Å². The third-order valence-corrected chi connectivity index (χ3v) is 4.57. The summed E-state index contributed by atoms with van der Waals surface area (Å²) in [5.74, 6) is 1.45. The molecule has 1 aliphatic rings. The highest BCUT2D eigenvalue weighted by Gasteiger charge is 2.25. The standard InChI is InChI=1S/C16H22BrNO/c1-10-4-5-15(17)14(9-10)16(19)18-13-7-11(2)6-12(3)8-13/h4-5,9,11-13H,6-8H2,1-3H3,(H,18,19). The van der Waals surface area contributed by atoms with Gasteiger partial charge >= 0.3 is 0 Å². The van der Waals surface area contributed by atoms with Crippen molar-refractivity contribution >= 4 is 21.8 Å². The lowest BCUT2D eigenvalue weighted by Gasteiger charge is -2.32. The summed E-state index contributed by atoms with van der Waals surface area (Å²) in [6.07, 6.45) is 3.47. The van der Waals surface area contributed by atoms with Crippen LogP contribution in [0.5, 0.6) is 0 Å². The fourth-order valence-corrected chi connectivity index (χ4v) is 3.57. The van der Waals surface area contributed by atoms with E-state index < -0.39 is 0 Å². The van der Waals surface area contributed by atoms with Crippen LogP contribution in [0.15, 0.2) is 22.7 Å². The van der Waals surface area contributed by atoms with Crippen LogP contribution in [0.4, 0.5) is 0 Å². The Labute approximate surface area is 124 Å². The number of hydrogen-bond acceptors (Lipinski definition) is 1. The Morgan fingerprint density at radius 2 is 1.84 bits per heavy atom. The van der Waals surface area contributed by atoms with Crippen LogP contribution in [-0.2, 0) is 0 Å².